The maximum Gasteiger partial charge on any atom is 0.237 e. The molecule has 3 aromatic rings. The molecule has 3 rings (SSSR count). The van der Waals surface area contributed by atoms with Crippen LogP contribution in [0.15, 0.2) is 38.5 Å². The smallest absolute Gasteiger partial charge is 0.237 e. The molecule has 0 N–H and O–H groups in total. The summed E-state index contributed by atoms with van der Waals surface area (Å²) in [6.45, 7) is 1.96. The zero-order valence-electron chi connectivity index (χ0n) is 10.5. The first kappa shape index (κ1) is 13.3. The number of benzene rings is 1. The summed E-state index contributed by atoms with van der Waals surface area (Å²) in [6.07, 6.45) is 0. The molecule has 0 amide bonds. The van der Waals surface area contributed by atoms with E-state index in [1.165, 1.54) is 12.1 Å². The van der Waals surface area contributed by atoms with Gasteiger partial charge in [0, 0.05) is 16.6 Å². The lowest BCUT2D eigenvalue weighted by molar-refractivity contribution is 0.391. The van der Waals surface area contributed by atoms with E-state index >= 15 is 0 Å². The van der Waals surface area contributed by atoms with Gasteiger partial charge >= 0.3 is 0 Å². The highest BCUT2D eigenvalue weighted by molar-refractivity contribution is 8.00. The molecule has 1 aromatic carbocycles. The van der Waals surface area contributed by atoms with Crippen LogP contribution in [-0.4, -0.2) is 15.1 Å². The summed E-state index contributed by atoms with van der Waals surface area (Å²) in [5, 5.41) is 5.89. The van der Waals surface area contributed by atoms with Gasteiger partial charge in [-0.3, -0.25) is 0 Å². The number of thioether (sulfide) groups is 1. The lowest BCUT2D eigenvalue weighted by atomic mass is 10.2. The van der Waals surface area contributed by atoms with Crippen LogP contribution in [0, 0.1) is 12.7 Å². The molecule has 0 spiro atoms. The first-order valence-electron chi connectivity index (χ1n) is 5.84. The molecule has 2 aromatic heterocycles. The third-order valence-electron chi connectivity index (χ3n) is 2.49. The zero-order chi connectivity index (χ0) is 13.9. The van der Waals surface area contributed by atoms with Gasteiger partial charge in [-0.1, -0.05) is 16.9 Å². The van der Waals surface area contributed by atoms with E-state index in [2.05, 4.69) is 15.1 Å². The van der Waals surface area contributed by atoms with Crippen molar-refractivity contribution in [2.75, 3.05) is 0 Å². The van der Waals surface area contributed by atoms with Crippen LogP contribution in [0.5, 0.6) is 0 Å². The van der Waals surface area contributed by atoms with Gasteiger partial charge in [-0.05, 0) is 31.2 Å². The van der Waals surface area contributed by atoms with E-state index in [9.17, 15) is 4.39 Å². The Morgan fingerprint density at radius 1 is 1.25 bits per heavy atom. The largest absolute Gasteiger partial charge is 0.338 e. The molecule has 0 bridgehead atoms. The van der Waals surface area contributed by atoms with Gasteiger partial charge in [-0.2, -0.15) is 4.98 Å². The van der Waals surface area contributed by atoms with Crippen molar-refractivity contribution in [3.8, 4) is 11.4 Å². The highest BCUT2D eigenvalue weighted by Gasteiger charge is 2.10. The molecule has 0 aliphatic carbocycles. The molecule has 2 heterocycles. The predicted octanol–water partition coefficient (Wildman–Crippen LogP) is 3.93. The maximum absolute atomic E-state index is 12.8. The second kappa shape index (κ2) is 5.72. The number of hydrogen-bond donors (Lipinski definition) is 0. The molecule has 0 radical (unpaired) electrons. The molecule has 0 saturated carbocycles. The minimum atomic E-state index is -0.285. The van der Waals surface area contributed by atoms with Gasteiger partial charge in [-0.25, -0.2) is 9.37 Å². The van der Waals surface area contributed by atoms with Crippen LogP contribution in [0.1, 0.15) is 11.6 Å². The van der Waals surface area contributed by atoms with Crippen molar-refractivity contribution in [3.05, 3.63) is 47.0 Å². The second-order valence-corrected chi connectivity index (χ2v) is 6.14. The molecule has 0 fully saturated rings. The summed E-state index contributed by atoms with van der Waals surface area (Å²) in [6, 6.07) is 6.00. The number of aromatic nitrogens is 3. The van der Waals surface area contributed by atoms with Crippen LogP contribution in [-0.2, 0) is 5.75 Å². The zero-order valence-corrected chi connectivity index (χ0v) is 12.2. The molecule has 0 aliphatic rings. The third kappa shape index (κ3) is 3.05. The first-order chi connectivity index (χ1) is 9.70. The van der Waals surface area contributed by atoms with Crippen molar-refractivity contribution in [2.45, 2.75) is 17.0 Å². The van der Waals surface area contributed by atoms with Gasteiger partial charge in [0.2, 0.25) is 11.7 Å². The van der Waals surface area contributed by atoms with Crippen molar-refractivity contribution < 1.29 is 8.91 Å². The fourth-order valence-electron chi connectivity index (χ4n) is 1.55. The fraction of sp³-hybridized carbons (Fsp3) is 0.154. The van der Waals surface area contributed by atoms with E-state index in [1.54, 1.807) is 35.2 Å². The molecule has 4 nitrogen and oxygen atoms in total. The van der Waals surface area contributed by atoms with E-state index in [4.69, 9.17) is 4.52 Å². The quantitative estimate of drug-likeness (QED) is 0.683. The van der Waals surface area contributed by atoms with Crippen LogP contribution in [0.2, 0.25) is 0 Å². The van der Waals surface area contributed by atoms with Crippen LogP contribution in [0.4, 0.5) is 4.39 Å². The van der Waals surface area contributed by atoms with Crippen molar-refractivity contribution >= 4 is 23.1 Å². The Hall–Kier alpha value is -1.73. The Kier molecular flexibility index (Phi) is 3.79. The average Bonchev–Trinajstić information content (AvgIpc) is 3.06. The summed E-state index contributed by atoms with van der Waals surface area (Å²) in [7, 11) is 0. The molecular weight excluding hydrogens is 297 g/mol. The number of hydrogen-bond acceptors (Lipinski definition) is 6. The number of thiazole rings is 1. The van der Waals surface area contributed by atoms with E-state index < -0.39 is 0 Å². The van der Waals surface area contributed by atoms with Gasteiger partial charge < -0.3 is 4.52 Å². The standard InChI is InChI=1S/C13H10FN3OS2/c1-8-6-19-13(15-8)20-7-11-16-12(17-18-11)9-2-4-10(14)5-3-9/h2-6H,7H2,1H3. The van der Waals surface area contributed by atoms with E-state index in [1.807, 2.05) is 12.3 Å². The topological polar surface area (TPSA) is 51.8 Å². The summed E-state index contributed by atoms with van der Waals surface area (Å²) in [5.41, 5.74) is 1.74. The normalized spacial score (nSPS) is 10.9. The highest BCUT2D eigenvalue weighted by Crippen LogP contribution is 2.26. The molecule has 0 saturated heterocycles. The van der Waals surface area contributed by atoms with E-state index in [-0.39, 0.29) is 5.82 Å². The summed E-state index contributed by atoms with van der Waals surface area (Å²) < 4.78 is 19.0. The number of aryl methyl sites for hydroxylation is 1. The lowest BCUT2D eigenvalue weighted by Crippen LogP contribution is -1.83. The van der Waals surface area contributed by atoms with Gasteiger partial charge in [0.1, 0.15) is 5.82 Å². The van der Waals surface area contributed by atoms with Gasteiger partial charge in [0.25, 0.3) is 0 Å². The Labute approximate surface area is 123 Å². The SMILES string of the molecule is Cc1csc(SCc2nc(-c3ccc(F)cc3)no2)n1. The van der Waals surface area contributed by atoms with Crippen molar-refractivity contribution in [2.24, 2.45) is 0 Å². The minimum Gasteiger partial charge on any atom is -0.338 e. The molecule has 0 atom stereocenters. The number of nitrogens with zero attached hydrogens (tertiary/aromatic N) is 3. The second-order valence-electron chi connectivity index (χ2n) is 4.06. The monoisotopic (exact) mass is 307 g/mol. The van der Waals surface area contributed by atoms with Crippen LogP contribution in [0.25, 0.3) is 11.4 Å². The van der Waals surface area contributed by atoms with E-state index in [0.717, 1.165) is 15.6 Å². The highest BCUT2D eigenvalue weighted by atomic mass is 32.2. The molecular formula is C13H10FN3OS2. The fourth-order valence-corrected chi connectivity index (χ4v) is 3.24. The summed E-state index contributed by atoms with van der Waals surface area (Å²) in [5.74, 6) is 1.28. The Morgan fingerprint density at radius 2 is 2.05 bits per heavy atom. The van der Waals surface area contributed by atoms with Crippen LogP contribution >= 0.6 is 23.1 Å². The van der Waals surface area contributed by atoms with Crippen molar-refractivity contribution in [1.29, 1.82) is 0 Å². The maximum atomic E-state index is 12.8. The van der Waals surface area contributed by atoms with Crippen molar-refractivity contribution in [3.63, 3.8) is 0 Å². The average molecular weight is 307 g/mol. The van der Waals surface area contributed by atoms with E-state index in [0.29, 0.717) is 17.5 Å². The molecule has 0 aliphatic heterocycles. The molecule has 102 valence electrons. The first-order valence-corrected chi connectivity index (χ1v) is 7.71. The Bertz CT molecular complexity index is 708. The third-order valence-corrected chi connectivity index (χ3v) is 4.61. The van der Waals surface area contributed by atoms with Crippen LogP contribution in [0.3, 0.4) is 0 Å². The van der Waals surface area contributed by atoms with Gasteiger partial charge in [0.05, 0.1) is 5.75 Å². The summed E-state index contributed by atoms with van der Waals surface area (Å²) in [4.78, 5) is 8.64. The summed E-state index contributed by atoms with van der Waals surface area (Å²) >= 11 is 3.15. The van der Waals surface area contributed by atoms with Crippen molar-refractivity contribution in [1.82, 2.24) is 15.1 Å². The number of halogens is 1. The lowest BCUT2D eigenvalue weighted by Gasteiger charge is -1.92. The molecule has 20 heavy (non-hydrogen) atoms. The number of rotatable bonds is 4. The van der Waals surface area contributed by atoms with Crippen LogP contribution < -0.4 is 0 Å². The molecule has 7 heteroatoms. The van der Waals surface area contributed by atoms with Gasteiger partial charge in [-0.15, -0.1) is 11.3 Å². The Morgan fingerprint density at radius 3 is 2.75 bits per heavy atom. The van der Waals surface area contributed by atoms with Gasteiger partial charge in [0.15, 0.2) is 4.34 Å². The Balaban J connectivity index is 1.69. The minimum absolute atomic E-state index is 0.285. The predicted molar refractivity (Wildman–Crippen MR) is 76.1 cm³/mol. The molecule has 0 unspecified atom stereocenters.